The Hall–Kier alpha value is -3.78. The normalized spacial score (nSPS) is 11.0. The van der Waals surface area contributed by atoms with E-state index in [0.717, 1.165) is 22.6 Å². The maximum atomic E-state index is 5.91. The molecule has 0 fully saturated rings. The molecule has 2 aromatic heterocycles. The van der Waals surface area contributed by atoms with Crippen LogP contribution in [0.3, 0.4) is 0 Å². The van der Waals surface area contributed by atoms with Gasteiger partial charge in [-0.1, -0.05) is 41.9 Å². The zero-order chi connectivity index (χ0) is 20.9. The number of para-hydroxylation sites is 1. The summed E-state index contributed by atoms with van der Waals surface area (Å²) in [6.45, 7) is 3.86. The summed E-state index contributed by atoms with van der Waals surface area (Å²) >= 11 is 5.91. The van der Waals surface area contributed by atoms with Crippen molar-refractivity contribution in [3.63, 3.8) is 0 Å². The number of nitrogens with one attached hydrogen (secondary N) is 2. The molecule has 0 aliphatic rings. The quantitative estimate of drug-likeness (QED) is 0.353. The molecule has 2 heterocycles. The monoisotopic (exact) mass is 418 g/mol. The lowest BCUT2D eigenvalue weighted by Gasteiger charge is -2.09. The number of anilines is 3. The van der Waals surface area contributed by atoms with Crippen LogP contribution in [0.15, 0.2) is 65.8 Å². The summed E-state index contributed by atoms with van der Waals surface area (Å²) in [5, 5.41) is 12.5. The van der Waals surface area contributed by atoms with Gasteiger partial charge in [0.2, 0.25) is 11.9 Å². The molecule has 4 rings (SSSR count). The zero-order valence-corrected chi connectivity index (χ0v) is 17.2. The van der Waals surface area contributed by atoms with E-state index in [0.29, 0.717) is 16.9 Å². The van der Waals surface area contributed by atoms with Crippen LogP contribution in [-0.2, 0) is 0 Å². The molecule has 30 heavy (non-hydrogen) atoms. The molecule has 2 aromatic carbocycles. The highest BCUT2D eigenvalue weighted by atomic mass is 35.5. The van der Waals surface area contributed by atoms with E-state index in [-0.39, 0.29) is 5.95 Å². The van der Waals surface area contributed by atoms with Gasteiger partial charge >= 0.3 is 0 Å². The van der Waals surface area contributed by atoms with E-state index in [4.69, 9.17) is 11.6 Å². The van der Waals surface area contributed by atoms with Gasteiger partial charge in [-0.15, -0.1) is 0 Å². The number of halogens is 1. The highest BCUT2D eigenvalue weighted by Crippen LogP contribution is 2.16. The van der Waals surface area contributed by atoms with Crippen molar-refractivity contribution in [3.8, 4) is 5.95 Å². The first kappa shape index (κ1) is 19.5. The molecule has 0 aliphatic heterocycles. The molecule has 150 valence electrons. The Labute approximate surface area is 178 Å². The summed E-state index contributed by atoms with van der Waals surface area (Å²) in [6, 6.07) is 19.0. The summed E-state index contributed by atoms with van der Waals surface area (Å²) in [7, 11) is 0. The van der Waals surface area contributed by atoms with Crippen LogP contribution in [0.1, 0.15) is 17.0 Å². The van der Waals surface area contributed by atoms with E-state index < -0.39 is 0 Å². The summed E-state index contributed by atoms with van der Waals surface area (Å²) in [4.78, 5) is 13.4. The van der Waals surface area contributed by atoms with Gasteiger partial charge in [0.1, 0.15) is 0 Å². The number of hydrogen-bond donors (Lipinski definition) is 2. The molecule has 8 nitrogen and oxygen atoms in total. The second-order valence-electron chi connectivity index (χ2n) is 6.53. The Bertz CT molecular complexity index is 1170. The SMILES string of the molecule is Cc1cc(C)n(-c2nc(N/N=C\c3ccc(Cl)cc3)nc(Nc3ccccc3)n2)n1. The number of hydrazone groups is 1. The van der Waals surface area contributed by atoms with Crippen molar-refractivity contribution in [1.82, 2.24) is 24.7 Å². The molecule has 0 saturated carbocycles. The minimum absolute atomic E-state index is 0.288. The highest BCUT2D eigenvalue weighted by Gasteiger charge is 2.12. The molecule has 0 unspecified atom stereocenters. The zero-order valence-electron chi connectivity index (χ0n) is 16.4. The number of hydrogen-bond acceptors (Lipinski definition) is 7. The number of benzene rings is 2. The summed E-state index contributed by atoms with van der Waals surface area (Å²) in [5.74, 6) is 1.05. The van der Waals surface area contributed by atoms with Crippen LogP contribution in [0, 0.1) is 13.8 Å². The molecular formula is C21H19ClN8. The number of aromatic nitrogens is 5. The van der Waals surface area contributed by atoms with Crippen LogP contribution < -0.4 is 10.7 Å². The first-order valence-electron chi connectivity index (χ1n) is 9.23. The maximum Gasteiger partial charge on any atom is 0.257 e. The van der Waals surface area contributed by atoms with Crippen molar-refractivity contribution in [2.45, 2.75) is 13.8 Å². The van der Waals surface area contributed by atoms with Crippen molar-refractivity contribution in [2.75, 3.05) is 10.7 Å². The average molecular weight is 419 g/mol. The second-order valence-corrected chi connectivity index (χ2v) is 6.97. The molecule has 0 amide bonds. The summed E-state index contributed by atoms with van der Waals surface area (Å²) < 4.78 is 1.67. The van der Waals surface area contributed by atoms with E-state index >= 15 is 0 Å². The largest absolute Gasteiger partial charge is 0.324 e. The lowest BCUT2D eigenvalue weighted by molar-refractivity contribution is 0.767. The Morgan fingerprint density at radius 3 is 2.37 bits per heavy atom. The third-order valence-corrected chi connectivity index (χ3v) is 4.35. The van der Waals surface area contributed by atoms with Gasteiger partial charge in [0, 0.05) is 16.4 Å². The van der Waals surface area contributed by atoms with E-state index in [9.17, 15) is 0 Å². The molecule has 0 spiro atoms. The van der Waals surface area contributed by atoms with Crippen molar-refractivity contribution in [3.05, 3.63) is 82.6 Å². The lowest BCUT2D eigenvalue weighted by atomic mass is 10.2. The van der Waals surface area contributed by atoms with Gasteiger partial charge in [-0.3, -0.25) is 0 Å². The molecule has 0 aliphatic carbocycles. The van der Waals surface area contributed by atoms with Gasteiger partial charge in [0.05, 0.1) is 11.9 Å². The van der Waals surface area contributed by atoms with E-state index in [1.807, 2.05) is 62.4 Å². The van der Waals surface area contributed by atoms with Gasteiger partial charge in [0.15, 0.2) is 0 Å². The average Bonchev–Trinajstić information content (AvgIpc) is 3.08. The van der Waals surface area contributed by atoms with Crippen LogP contribution in [0.2, 0.25) is 5.02 Å². The summed E-state index contributed by atoms with van der Waals surface area (Å²) in [5.41, 5.74) is 6.41. The topological polar surface area (TPSA) is 92.9 Å². The number of nitrogens with zero attached hydrogens (tertiary/aromatic N) is 6. The summed E-state index contributed by atoms with van der Waals surface area (Å²) in [6.07, 6.45) is 1.66. The molecule has 0 saturated heterocycles. The molecule has 0 radical (unpaired) electrons. The Morgan fingerprint density at radius 2 is 1.67 bits per heavy atom. The molecule has 9 heteroatoms. The van der Waals surface area contributed by atoms with Crippen LogP contribution in [-0.4, -0.2) is 30.9 Å². The van der Waals surface area contributed by atoms with Gasteiger partial charge in [-0.05, 0) is 49.7 Å². The van der Waals surface area contributed by atoms with Gasteiger partial charge in [0.25, 0.3) is 5.95 Å². The van der Waals surface area contributed by atoms with Crippen molar-refractivity contribution in [1.29, 1.82) is 0 Å². The first-order valence-corrected chi connectivity index (χ1v) is 9.61. The minimum Gasteiger partial charge on any atom is -0.324 e. The minimum atomic E-state index is 0.288. The molecule has 0 atom stereocenters. The fraction of sp³-hybridized carbons (Fsp3) is 0.0952. The van der Waals surface area contributed by atoms with Gasteiger partial charge in [-0.2, -0.15) is 25.2 Å². The molecule has 2 N–H and O–H groups in total. The third kappa shape index (κ3) is 4.79. The Balaban J connectivity index is 1.64. The van der Waals surface area contributed by atoms with E-state index in [1.54, 1.807) is 23.0 Å². The van der Waals surface area contributed by atoms with E-state index in [2.05, 4.69) is 35.9 Å². The smallest absolute Gasteiger partial charge is 0.257 e. The van der Waals surface area contributed by atoms with Crippen molar-refractivity contribution in [2.24, 2.45) is 5.10 Å². The van der Waals surface area contributed by atoms with Crippen LogP contribution in [0.25, 0.3) is 5.95 Å². The lowest BCUT2D eigenvalue weighted by Crippen LogP contribution is -2.11. The fourth-order valence-electron chi connectivity index (χ4n) is 2.76. The fourth-order valence-corrected chi connectivity index (χ4v) is 2.89. The third-order valence-electron chi connectivity index (χ3n) is 4.10. The predicted octanol–water partition coefficient (Wildman–Crippen LogP) is 4.52. The predicted molar refractivity (Wildman–Crippen MR) is 119 cm³/mol. The Kier molecular flexibility index (Phi) is 5.67. The first-order chi connectivity index (χ1) is 14.6. The second kappa shape index (κ2) is 8.71. The van der Waals surface area contributed by atoms with Gasteiger partial charge < -0.3 is 5.32 Å². The molecule has 4 aromatic rings. The van der Waals surface area contributed by atoms with Crippen molar-refractivity contribution < 1.29 is 0 Å². The molecule has 0 bridgehead atoms. The number of aryl methyl sites for hydroxylation is 2. The standard InChI is InChI=1S/C21H19ClN8/c1-14-12-15(2)30(29-14)21-26-19(24-18-6-4-3-5-7-18)25-20(27-21)28-23-13-16-8-10-17(22)11-9-16/h3-13H,1-2H3,(H2,24,25,26,27,28)/b23-13-. The molecular weight excluding hydrogens is 400 g/mol. The highest BCUT2D eigenvalue weighted by molar-refractivity contribution is 6.30. The van der Waals surface area contributed by atoms with Crippen LogP contribution in [0.5, 0.6) is 0 Å². The van der Waals surface area contributed by atoms with Crippen LogP contribution in [0.4, 0.5) is 17.6 Å². The van der Waals surface area contributed by atoms with Gasteiger partial charge in [-0.25, -0.2) is 10.1 Å². The van der Waals surface area contributed by atoms with Crippen molar-refractivity contribution >= 4 is 35.4 Å². The van der Waals surface area contributed by atoms with Crippen LogP contribution >= 0.6 is 11.6 Å². The number of rotatable bonds is 6. The Morgan fingerprint density at radius 1 is 0.933 bits per heavy atom. The maximum absolute atomic E-state index is 5.91. The van der Waals surface area contributed by atoms with E-state index in [1.165, 1.54) is 0 Å².